The second kappa shape index (κ2) is 12.5. The molecule has 12 heteroatoms. The Hall–Kier alpha value is -4.68. The van der Waals surface area contributed by atoms with Crippen LogP contribution in [0.2, 0.25) is 0 Å². The quantitative estimate of drug-likeness (QED) is 0.201. The Labute approximate surface area is 258 Å². The predicted octanol–water partition coefficient (Wildman–Crippen LogP) is 3.89. The van der Waals surface area contributed by atoms with Crippen LogP contribution in [-0.2, 0) is 19.6 Å². The van der Waals surface area contributed by atoms with Gasteiger partial charge in [-0.3, -0.25) is 9.36 Å². The van der Waals surface area contributed by atoms with Gasteiger partial charge in [0.15, 0.2) is 16.3 Å². The van der Waals surface area contributed by atoms with Gasteiger partial charge in [-0.2, -0.15) is 8.42 Å². The average Bonchev–Trinajstić information content (AvgIpc) is 3.30. The van der Waals surface area contributed by atoms with Crippen LogP contribution in [0.15, 0.2) is 92.7 Å². The largest absolute Gasteiger partial charge is 0.493 e. The third-order valence-electron chi connectivity index (χ3n) is 6.93. The van der Waals surface area contributed by atoms with Crippen LogP contribution in [0.5, 0.6) is 17.2 Å². The van der Waals surface area contributed by atoms with E-state index >= 15 is 0 Å². The number of carbonyl (C=O) groups excluding carboxylic acids is 1. The highest BCUT2D eigenvalue weighted by molar-refractivity contribution is 7.87. The predicted molar refractivity (Wildman–Crippen MR) is 165 cm³/mol. The first-order chi connectivity index (χ1) is 21.1. The fourth-order valence-corrected chi connectivity index (χ4v) is 6.76. The lowest BCUT2D eigenvalue weighted by Gasteiger charge is -2.25. The Morgan fingerprint density at radius 3 is 2.30 bits per heavy atom. The molecule has 0 unspecified atom stereocenters. The van der Waals surface area contributed by atoms with E-state index in [2.05, 4.69) is 4.99 Å². The molecule has 1 aliphatic rings. The van der Waals surface area contributed by atoms with Crippen molar-refractivity contribution in [2.75, 3.05) is 20.8 Å². The van der Waals surface area contributed by atoms with Crippen molar-refractivity contribution in [3.63, 3.8) is 0 Å². The molecule has 0 amide bonds. The molecule has 0 bridgehead atoms. The van der Waals surface area contributed by atoms with Gasteiger partial charge in [-0.25, -0.2) is 9.79 Å². The summed E-state index contributed by atoms with van der Waals surface area (Å²) in [6.07, 6.45) is 1.68. The second-order valence-electron chi connectivity index (χ2n) is 9.84. The van der Waals surface area contributed by atoms with E-state index in [1.165, 1.54) is 54.4 Å². The number of allylic oxidation sites excluding steroid dienone is 1. The van der Waals surface area contributed by atoms with Crippen LogP contribution in [0.1, 0.15) is 36.6 Å². The molecule has 3 aromatic carbocycles. The maximum absolute atomic E-state index is 13.9. The Morgan fingerprint density at radius 1 is 0.977 bits per heavy atom. The van der Waals surface area contributed by atoms with E-state index in [1.807, 2.05) is 6.92 Å². The number of rotatable bonds is 9. The highest BCUT2D eigenvalue weighted by Gasteiger charge is 2.34. The van der Waals surface area contributed by atoms with Gasteiger partial charge < -0.3 is 18.4 Å². The molecule has 1 atom stereocenters. The molecule has 10 nitrogen and oxygen atoms in total. The summed E-state index contributed by atoms with van der Waals surface area (Å²) in [6.45, 7) is 5.44. The molecule has 0 fully saturated rings. The Balaban J connectivity index is 1.54. The first kappa shape index (κ1) is 30.8. The summed E-state index contributed by atoms with van der Waals surface area (Å²) in [6, 6.07) is 17.1. The van der Waals surface area contributed by atoms with Crippen molar-refractivity contribution in [3.05, 3.63) is 114 Å². The van der Waals surface area contributed by atoms with Gasteiger partial charge in [-0.05, 0) is 74.4 Å². The first-order valence-electron chi connectivity index (χ1n) is 13.6. The Bertz CT molecular complexity index is 2040. The minimum atomic E-state index is -4.01. The van der Waals surface area contributed by atoms with Crippen molar-refractivity contribution >= 4 is 33.5 Å². The summed E-state index contributed by atoms with van der Waals surface area (Å²) < 4.78 is 48.7. The van der Waals surface area contributed by atoms with Gasteiger partial charge in [0, 0.05) is 0 Å². The summed E-state index contributed by atoms with van der Waals surface area (Å²) in [5, 5.41) is 0. The highest BCUT2D eigenvalue weighted by Crippen LogP contribution is 2.36. The SMILES string of the molecule is CCOC(=O)C1=C(C)N=c2sc(=Cc3ccc(OS(=O)(=O)c4ccc(C)cc4)cc3)c(=O)n2[C@@H]1c1ccc(OC)c(OC)c1. The van der Waals surface area contributed by atoms with E-state index < -0.39 is 22.1 Å². The van der Waals surface area contributed by atoms with E-state index in [1.54, 1.807) is 62.4 Å². The molecule has 2 heterocycles. The molecular weight excluding hydrogens is 604 g/mol. The Kier molecular flexibility index (Phi) is 8.75. The number of methoxy groups -OCH3 is 2. The van der Waals surface area contributed by atoms with Crippen LogP contribution in [-0.4, -0.2) is 39.8 Å². The topological polar surface area (TPSA) is 122 Å². The second-order valence-corrected chi connectivity index (χ2v) is 12.4. The molecule has 44 heavy (non-hydrogen) atoms. The summed E-state index contributed by atoms with van der Waals surface area (Å²) in [7, 11) is -0.975. The van der Waals surface area contributed by atoms with Crippen LogP contribution in [0.3, 0.4) is 0 Å². The zero-order chi connectivity index (χ0) is 31.6. The molecule has 0 spiro atoms. The number of fused-ring (bicyclic) bond motifs is 1. The fourth-order valence-electron chi connectivity index (χ4n) is 4.78. The maximum Gasteiger partial charge on any atom is 0.339 e. The number of thiazole rings is 1. The van der Waals surface area contributed by atoms with E-state index in [4.69, 9.17) is 18.4 Å². The number of hydrogen-bond acceptors (Lipinski definition) is 10. The lowest BCUT2D eigenvalue weighted by Crippen LogP contribution is -2.39. The van der Waals surface area contributed by atoms with Gasteiger partial charge in [0.25, 0.3) is 5.56 Å². The summed E-state index contributed by atoms with van der Waals surface area (Å²) in [5.74, 6) is 0.504. The standard InChI is InChI=1S/C32H30N2O8S2/c1-6-41-31(36)28-20(3)33-32-34(29(28)22-11-16-25(39-4)26(18-22)40-5)30(35)27(43-32)17-21-9-12-23(13-10-21)42-44(37,38)24-14-7-19(2)8-15-24/h7-18,29H,6H2,1-5H3/t29-/m1/s1. The minimum Gasteiger partial charge on any atom is -0.493 e. The van der Waals surface area contributed by atoms with Gasteiger partial charge in [-0.1, -0.05) is 47.2 Å². The van der Waals surface area contributed by atoms with Crippen molar-refractivity contribution in [1.82, 2.24) is 4.57 Å². The number of nitrogens with zero attached hydrogens (tertiary/aromatic N) is 2. The smallest absolute Gasteiger partial charge is 0.339 e. The zero-order valence-corrected chi connectivity index (χ0v) is 26.3. The van der Waals surface area contributed by atoms with Crippen LogP contribution >= 0.6 is 11.3 Å². The van der Waals surface area contributed by atoms with E-state index in [0.29, 0.717) is 37.7 Å². The minimum absolute atomic E-state index is 0.0507. The van der Waals surface area contributed by atoms with Crippen molar-refractivity contribution in [2.24, 2.45) is 4.99 Å². The molecule has 228 valence electrons. The van der Waals surface area contributed by atoms with Crippen LogP contribution in [0.25, 0.3) is 6.08 Å². The van der Waals surface area contributed by atoms with E-state index in [-0.39, 0.29) is 28.4 Å². The maximum atomic E-state index is 13.9. The monoisotopic (exact) mass is 634 g/mol. The number of aromatic nitrogens is 1. The molecule has 0 saturated carbocycles. The fraction of sp³-hybridized carbons (Fsp3) is 0.219. The van der Waals surface area contributed by atoms with Gasteiger partial charge in [0.1, 0.15) is 10.6 Å². The molecule has 1 aliphatic heterocycles. The van der Waals surface area contributed by atoms with Gasteiger partial charge in [0.2, 0.25) is 0 Å². The zero-order valence-electron chi connectivity index (χ0n) is 24.7. The summed E-state index contributed by atoms with van der Waals surface area (Å²) in [5.41, 5.74) is 2.51. The normalized spacial score (nSPS) is 14.9. The molecular formula is C32H30N2O8S2. The van der Waals surface area contributed by atoms with Crippen LogP contribution < -0.4 is 28.5 Å². The molecule has 0 radical (unpaired) electrons. The lowest BCUT2D eigenvalue weighted by molar-refractivity contribution is -0.139. The molecule has 0 N–H and O–H groups in total. The lowest BCUT2D eigenvalue weighted by atomic mass is 9.95. The van der Waals surface area contributed by atoms with Crippen molar-refractivity contribution in [3.8, 4) is 17.2 Å². The van der Waals surface area contributed by atoms with Crippen LogP contribution in [0, 0.1) is 6.92 Å². The molecule has 5 rings (SSSR count). The summed E-state index contributed by atoms with van der Waals surface area (Å²) >= 11 is 1.18. The van der Waals surface area contributed by atoms with E-state index in [9.17, 15) is 18.0 Å². The number of ether oxygens (including phenoxy) is 3. The van der Waals surface area contributed by atoms with Crippen molar-refractivity contribution in [1.29, 1.82) is 0 Å². The Morgan fingerprint density at radius 2 is 1.66 bits per heavy atom. The number of benzene rings is 3. The van der Waals surface area contributed by atoms with Crippen LogP contribution in [0.4, 0.5) is 0 Å². The molecule has 0 aliphatic carbocycles. The van der Waals surface area contributed by atoms with Crippen molar-refractivity contribution in [2.45, 2.75) is 31.7 Å². The van der Waals surface area contributed by atoms with E-state index in [0.717, 1.165) is 5.56 Å². The number of carbonyl (C=O) groups is 1. The molecule has 4 aromatic rings. The van der Waals surface area contributed by atoms with Gasteiger partial charge >= 0.3 is 16.1 Å². The third-order valence-corrected chi connectivity index (χ3v) is 9.18. The van der Waals surface area contributed by atoms with Crippen molar-refractivity contribution < 1.29 is 31.6 Å². The van der Waals surface area contributed by atoms with Gasteiger partial charge in [-0.15, -0.1) is 0 Å². The number of aryl methyl sites for hydroxylation is 1. The van der Waals surface area contributed by atoms with Gasteiger partial charge in [0.05, 0.1) is 42.7 Å². The average molecular weight is 635 g/mol. The summed E-state index contributed by atoms with van der Waals surface area (Å²) in [4.78, 5) is 32.1. The molecule has 0 saturated heterocycles. The first-order valence-corrected chi connectivity index (χ1v) is 15.8. The number of esters is 1. The highest BCUT2D eigenvalue weighted by atomic mass is 32.2. The third kappa shape index (κ3) is 6.03. The number of hydrogen-bond donors (Lipinski definition) is 0. The molecule has 1 aromatic heterocycles.